The molecule has 3 rings (SSSR count). The summed E-state index contributed by atoms with van der Waals surface area (Å²) in [5.41, 5.74) is 0.629. The molecular weight excluding hydrogens is 216 g/mol. The molecule has 1 aliphatic carbocycles. The van der Waals surface area contributed by atoms with E-state index in [0.717, 1.165) is 11.4 Å². The Balaban J connectivity index is 1.91. The Morgan fingerprint density at radius 2 is 2.12 bits per heavy atom. The van der Waals surface area contributed by atoms with Crippen LogP contribution in [0.1, 0.15) is 37.4 Å². The second-order valence-corrected chi connectivity index (χ2v) is 4.47. The van der Waals surface area contributed by atoms with Crippen molar-refractivity contribution in [2.75, 3.05) is 0 Å². The third kappa shape index (κ3) is 2.00. The van der Waals surface area contributed by atoms with Crippen LogP contribution < -0.4 is 5.56 Å². The molecule has 2 N–H and O–H groups in total. The number of aromatic amines is 2. The molecule has 17 heavy (non-hydrogen) atoms. The van der Waals surface area contributed by atoms with Crippen LogP contribution in [0.4, 0.5) is 0 Å². The average molecular weight is 230 g/mol. The Kier molecular flexibility index (Phi) is 2.51. The molecule has 0 saturated heterocycles. The topological polar surface area (TPSA) is 74.4 Å². The Labute approximate surface area is 98.3 Å². The number of nitrogens with one attached hydrogen (secondary N) is 2. The molecule has 2 aromatic heterocycles. The molecule has 1 fully saturated rings. The summed E-state index contributed by atoms with van der Waals surface area (Å²) in [5, 5.41) is 7.18. The zero-order valence-corrected chi connectivity index (χ0v) is 9.44. The van der Waals surface area contributed by atoms with Gasteiger partial charge in [-0.25, -0.2) is 4.98 Å². The number of aromatic nitrogens is 4. The van der Waals surface area contributed by atoms with Gasteiger partial charge in [-0.15, -0.1) is 0 Å². The van der Waals surface area contributed by atoms with Gasteiger partial charge < -0.3 is 4.98 Å². The van der Waals surface area contributed by atoms with Gasteiger partial charge in [0.05, 0.1) is 0 Å². The maximum Gasteiger partial charge on any atom is 0.248 e. The highest BCUT2D eigenvalue weighted by Gasteiger charge is 2.20. The third-order valence-corrected chi connectivity index (χ3v) is 3.28. The van der Waals surface area contributed by atoms with E-state index in [2.05, 4.69) is 20.2 Å². The molecular formula is C12H14N4O. The van der Waals surface area contributed by atoms with Crippen molar-refractivity contribution < 1.29 is 0 Å². The lowest BCUT2D eigenvalue weighted by molar-refractivity contribution is 0.672. The molecule has 2 aromatic rings. The minimum Gasteiger partial charge on any atom is -0.329 e. The van der Waals surface area contributed by atoms with E-state index in [1.165, 1.54) is 31.7 Å². The molecule has 0 aromatic carbocycles. The second-order valence-electron chi connectivity index (χ2n) is 4.47. The number of hydrogen-bond donors (Lipinski definition) is 2. The van der Waals surface area contributed by atoms with Gasteiger partial charge in [0.1, 0.15) is 5.82 Å². The molecule has 2 heterocycles. The molecule has 0 radical (unpaired) electrons. The van der Waals surface area contributed by atoms with Gasteiger partial charge in [-0.1, -0.05) is 12.8 Å². The van der Waals surface area contributed by atoms with Crippen molar-refractivity contribution in [2.24, 2.45) is 0 Å². The van der Waals surface area contributed by atoms with E-state index in [1.54, 1.807) is 6.20 Å². The van der Waals surface area contributed by atoms with Gasteiger partial charge in [0.25, 0.3) is 0 Å². The molecule has 88 valence electrons. The highest BCUT2D eigenvalue weighted by atomic mass is 16.1. The van der Waals surface area contributed by atoms with E-state index in [4.69, 9.17) is 0 Å². The Bertz CT molecular complexity index is 566. The normalized spacial score (nSPS) is 16.5. The van der Waals surface area contributed by atoms with Crippen molar-refractivity contribution in [2.45, 2.75) is 31.6 Å². The van der Waals surface area contributed by atoms with E-state index in [1.807, 2.05) is 6.07 Å². The summed E-state index contributed by atoms with van der Waals surface area (Å²) in [4.78, 5) is 18.3. The standard InChI is InChI=1S/C12H14N4O/c17-10-7-9(5-6-13-10)12-14-11(15-16-12)8-3-1-2-4-8/h5-8H,1-4H2,(H,13,17)(H,14,15,16). The summed E-state index contributed by atoms with van der Waals surface area (Å²) in [6, 6.07) is 3.32. The fourth-order valence-electron chi connectivity index (χ4n) is 2.37. The summed E-state index contributed by atoms with van der Waals surface area (Å²) < 4.78 is 0. The summed E-state index contributed by atoms with van der Waals surface area (Å²) in [6.45, 7) is 0. The van der Waals surface area contributed by atoms with E-state index >= 15 is 0 Å². The zero-order chi connectivity index (χ0) is 11.7. The number of nitrogens with zero attached hydrogens (tertiary/aromatic N) is 2. The quantitative estimate of drug-likeness (QED) is 0.826. The first-order chi connectivity index (χ1) is 8.33. The number of H-pyrrole nitrogens is 2. The fourth-order valence-corrected chi connectivity index (χ4v) is 2.37. The van der Waals surface area contributed by atoms with E-state index in [0.29, 0.717) is 11.7 Å². The van der Waals surface area contributed by atoms with Crippen LogP contribution in [-0.4, -0.2) is 20.2 Å². The van der Waals surface area contributed by atoms with Crippen LogP contribution in [0.25, 0.3) is 11.4 Å². The Morgan fingerprint density at radius 1 is 1.29 bits per heavy atom. The van der Waals surface area contributed by atoms with Gasteiger partial charge in [-0.2, -0.15) is 5.10 Å². The average Bonchev–Trinajstić information content (AvgIpc) is 3.00. The van der Waals surface area contributed by atoms with E-state index in [9.17, 15) is 4.79 Å². The predicted octanol–water partition coefficient (Wildman–Crippen LogP) is 1.82. The lowest BCUT2D eigenvalue weighted by Crippen LogP contribution is -2.02. The third-order valence-electron chi connectivity index (χ3n) is 3.28. The molecule has 0 atom stereocenters. The van der Waals surface area contributed by atoms with Crippen LogP contribution in [-0.2, 0) is 0 Å². The van der Waals surface area contributed by atoms with Gasteiger partial charge in [-0.3, -0.25) is 9.89 Å². The number of hydrogen-bond acceptors (Lipinski definition) is 3. The van der Waals surface area contributed by atoms with Gasteiger partial charge >= 0.3 is 0 Å². The molecule has 0 bridgehead atoms. The van der Waals surface area contributed by atoms with Gasteiger partial charge in [0.15, 0.2) is 5.82 Å². The summed E-state index contributed by atoms with van der Waals surface area (Å²) in [6.07, 6.45) is 6.52. The molecule has 0 spiro atoms. The first-order valence-corrected chi connectivity index (χ1v) is 5.94. The highest BCUT2D eigenvalue weighted by Crippen LogP contribution is 2.32. The molecule has 1 aliphatic rings. The van der Waals surface area contributed by atoms with Crippen molar-refractivity contribution in [1.82, 2.24) is 20.2 Å². The molecule has 5 nitrogen and oxygen atoms in total. The first-order valence-electron chi connectivity index (χ1n) is 5.94. The van der Waals surface area contributed by atoms with Crippen molar-refractivity contribution >= 4 is 0 Å². The lowest BCUT2D eigenvalue weighted by Gasteiger charge is -2.01. The van der Waals surface area contributed by atoms with Crippen LogP contribution >= 0.6 is 0 Å². The van der Waals surface area contributed by atoms with Crippen molar-refractivity contribution in [3.05, 3.63) is 34.5 Å². The first kappa shape index (κ1) is 10.3. The largest absolute Gasteiger partial charge is 0.329 e. The van der Waals surface area contributed by atoms with Crippen LogP contribution in [0.2, 0.25) is 0 Å². The van der Waals surface area contributed by atoms with Crippen LogP contribution in [0.15, 0.2) is 23.1 Å². The van der Waals surface area contributed by atoms with Crippen LogP contribution in [0.3, 0.4) is 0 Å². The summed E-state index contributed by atoms with van der Waals surface area (Å²) in [5.74, 6) is 2.08. The van der Waals surface area contributed by atoms with E-state index in [-0.39, 0.29) is 5.56 Å². The molecule has 5 heteroatoms. The van der Waals surface area contributed by atoms with Gasteiger partial charge in [-0.05, 0) is 18.9 Å². The SMILES string of the molecule is O=c1cc(-c2n[nH]c(C3CCCC3)n2)cc[nH]1. The van der Waals surface area contributed by atoms with Gasteiger partial charge in [0, 0.05) is 23.7 Å². The fraction of sp³-hybridized carbons (Fsp3) is 0.417. The predicted molar refractivity (Wildman–Crippen MR) is 63.6 cm³/mol. The van der Waals surface area contributed by atoms with Crippen LogP contribution in [0.5, 0.6) is 0 Å². The van der Waals surface area contributed by atoms with Crippen molar-refractivity contribution in [1.29, 1.82) is 0 Å². The van der Waals surface area contributed by atoms with E-state index < -0.39 is 0 Å². The zero-order valence-electron chi connectivity index (χ0n) is 9.44. The highest BCUT2D eigenvalue weighted by molar-refractivity contribution is 5.53. The minimum absolute atomic E-state index is 0.130. The van der Waals surface area contributed by atoms with Gasteiger partial charge in [0.2, 0.25) is 5.56 Å². The number of rotatable bonds is 2. The second kappa shape index (κ2) is 4.16. The number of pyridine rings is 1. The van der Waals surface area contributed by atoms with Crippen LogP contribution in [0, 0.1) is 0 Å². The molecule has 0 unspecified atom stereocenters. The molecule has 0 amide bonds. The monoisotopic (exact) mass is 230 g/mol. The summed E-state index contributed by atoms with van der Waals surface area (Å²) >= 11 is 0. The van der Waals surface area contributed by atoms with Crippen molar-refractivity contribution in [3.63, 3.8) is 0 Å². The Morgan fingerprint density at radius 3 is 2.88 bits per heavy atom. The molecule has 1 saturated carbocycles. The summed E-state index contributed by atoms with van der Waals surface area (Å²) in [7, 11) is 0. The van der Waals surface area contributed by atoms with Crippen molar-refractivity contribution in [3.8, 4) is 11.4 Å². The Hall–Kier alpha value is -1.91. The smallest absolute Gasteiger partial charge is 0.248 e. The minimum atomic E-state index is -0.130. The maximum absolute atomic E-state index is 11.2. The molecule has 0 aliphatic heterocycles. The lowest BCUT2D eigenvalue weighted by atomic mass is 10.1. The maximum atomic E-state index is 11.2.